The van der Waals surface area contributed by atoms with E-state index in [0.29, 0.717) is 11.3 Å². The number of aromatic hydroxyl groups is 1. The van der Waals surface area contributed by atoms with E-state index in [1.54, 1.807) is 30.3 Å². The van der Waals surface area contributed by atoms with Crippen molar-refractivity contribution in [2.75, 3.05) is 0 Å². The van der Waals surface area contributed by atoms with Gasteiger partial charge in [0, 0.05) is 6.07 Å². The first kappa shape index (κ1) is 12.2. The number of aromatic carboxylic acids is 1. The molecule has 0 unspecified atom stereocenters. The molecule has 0 amide bonds. The highest BCUT2D eigenvalue weighted by atomic mass is 16.4. The van der Waals surface area contributed by atoms with Gasteiger partial charge in [0.05, 0.1) is 22.6 Å². The average molecular weight is 267 g/mol. The zero-order valence-corrected chi connectivity index (χ0v) is 10.4. The highest BCUT2D eigenvalue weighted by Crippen LogP contribution is 2.26. The summed E-state index contributed by atoms with van der Waals surface area (Å²) in [5, 5.41) is 19.2. The molecule has 4 heteroatoms. The lowest BCUT2D eigenvalue weighted by Crippen LogP contribution is -1.94. The van der Waals surface area contributed by atoms with Crippen molar-refractivity contribution in [2.45, 2.75) is 0 Å². The molecule has 0 fully saturated rings. The molecule has 4 nitrogen and oxygen atoms in total. The minimum absolute atomic E-state index is 0.139. The minimum atomic E-state index is -0.961. The second-order valence-corrected chi connectivity index (χ2v) is 4.40. The van der Waals surface area contributed by atoms with Gasteiger partial charge in [0.2, 0.25) is 0 Å². The first-order valence-corrected chi connectivity index (χ1v) is 6.03. The molecule has 1 aromatic heterocycles. The lowest BCUT2D eigenvalue weighted by molar-refractivity contribution is 0.0697. The monoisotopic (exact) mass is 267 g/mol. The highest BCUT2D eigenvalue weighted by Gasteiger charge is 2.15. The lowest BCUT2D eigenvalue weighted by atomic mass is 10.1. The van der Waals surface area contributed by atoms with E-state index in [2.05, 4.69) is 0 Å². The fourth-order valence-corrected chi connectivity index (χ4v) is 2.00. The van der Waals surface area contributed by atoms with Crippen molar-refractivity contribution in [2.24, 2.45) is 0 Å². The molecule has 3 aromatic rings. The van der Waals surface area contributed by atoms with Gasteiger partial charge in [-0.25, -0.2) is 9.21 Å². The maximum absolute atomic E-state index is 10.8. The van der Waals surface area contributed by atoms with Crippen molar-refractivity contribution in [1.29, 1.82) is 0 Å². The summed E-state index contributed by atoms with van der Waals surface area (Å²) in [6.45, 7) is 0. The molecule has 0 radical (unpaired) electrons. The van der Waals surface area contributed by atoms with Crippen molar-refractivity contribution in [3.8, 4) is 17.1 Å². The third kappa shape index (κ3) is 2.19. The Kier molecular flexibility index (Phi) is 2.84. The van der Waals surface area contributed by atoms with Crippen LogP contribution >= 0.6 is 0 Å². The van der Waals surface area contributed by atoms with Crippen LogP contribution in [0.1, 0.15) is 10.4 Å². The Morgan fingerprint density at radius 1 is 0.950 bits per heavy atom. The van der Waals surface area contributed by atoms with Crippen molar-refractivity contribution >= 4 is 16.9 Å². The number of hydrogen-bond acceptors (Lipinski definition) is 2. The van der Waals surface area contributed by atoms with Gasteiger partial charge in [-0.15, -0.1) is 0 Å². The second-order valence-electron chi connectivity index (χ2n) is 4.40. The zero-order chi connectivity index (χ0) is 14.1. The number of phenols is 1. The van der Waals surface area contributed by atoms with E-state index >= 15 is 0 Å². The molecule has 2 N–H and O–H groups in total. The summed E-state index contributed by atoms with van der Waals surface area (Å²) >= 11 is 0. The topological polar surface area (TPSA) is 68.8 Å². The maximum atomic E-state index is 10.8. The van der Waals surface area contributed by atoms with Crippen LogP contribution in [0, 0.1) is 0 Å². The number of fused-ring (bicyclic) bond motifs is 1. The summed E-state index contributed by atoms with van der Waals surface area (Å²) in [7, 11) is 0. The van der Waals surface area contributed by atoms with Crippen molar-refractivity contribution in [1.82, 2.24) is 0 Å². The lowest BCUT2D eigenvalue weighted by Gasteiger charge is -1.96. The van der Waals surface area contributed by atoms with Crippen LogP contribution in [-0.4, -0.2) is 16.2 Å². The van der Waals surface area contributed by atoms with E-state index in [9.17, 15) is 9.90 Å². The number of rotatable bonds is 2. The fraction of sp³-hybridized carbons (Fsp3) is 0. The SMILES string of the molecule is O=C(O)c1ccc(-c2ccc3ccc(O)cc3[o+]2)cc1. The van der Waals surface area contributed by atoms with Gasteiger partial charge in [-0.2, -0.15) is 0 Å². The molecule has 0 saturated carbocycles. The first-order chi connectivity index (χ1) is 9.63. The summed E-state index contributed by atoms with van der Waals surface area (Å²) in [5.74, 6) is -0.211. The van der Waals surface area contributed by atoms with Crippen LogP contribution in [0.25, 0.3) is 22.3 Å². The quantitative estimate of drug-likeness (QED) is 0.693. The number of carbonyl (C=O) groups is 1. The molecule has 0 aliphatic carbocycles. The zero-order valence-electron chi connectivity index (χ0n) is 10.4. The molecule has 2 aromatic carbocycles. The molecule has 0 aliphatic rings. The minimum Gasteiger partial charge on any atom is -0.508 e. The van der Waals surface area contributed by atoms with Crippen LogP contribution < -0.4 is 0 Å². The molecular weight excluding hydrogens is 256 g/mol. The normalized spacial score (nSPS) is 10.6. The summed E-state index contributed by atoms with van der Waals surface area (Å²) in [4.78, 5) is 10.8. The van der Waals surface area contributed by atoms with Crippen LogP contribution in [-0.2, 0) is 0 Å². The summed E-state index contributed by atoms with van der Waals surface area (Å²) in [6, 6.07) is 15.1. The molecule has 0 atom stereocenters. The molecule has 3 rings (SSSR count). The van der Waals surface area contributed by atoms with E-state index in [1.807, 2.05) is 12.1 Å². The highest BCUT2D eigenvalue weighted by molar-refractivity contribution is 5.88. The van der Waals surface area contributed by atoms with Crippen LogP contribution in [0.2, 0.25) is 0 Å². The summed E-state index contributed by atoms with van der Waals surface area (Å²) in [6.07, 6.45) is 0. The molecule has 0 spiro atoms. The fourth-order valence-electron chi connectivity index (χ4n) is 2.00. The molecule has 20 heavy (non-hydrogen) atoms. The van der Waals surface area contributed by atoms with E-state index in [0.717, 1.165) is 10.9 Å². The third-order valence-electron chi connectivity index (χ3n) is 3.05. The number of hydrogen-bond donors (Lipinski definition) is 2. The van der Waals surface area contributed by atoms with Crippen LogP contribution in [0.4, 0.5) is 0 Å². The Bertz CT molecular complexity index is 791. The second kappa shape index (κ2) is 4.66. The number of phenolic OH excluding ortho intramolecular Hbond substituents is 1. The van der Waals surface area contributed by atoms with Crippen LogP contribution in [0.5, 0.6) is 5.75 Å². The molecule has 0 saturated heterocycles. The smallest absolute Gasteiger partial charge is 0.364 e. The Hall–Kier alpha value is -2.88. The molecular formula is C16H11O4+. The third-order valence-corrected chi connectivity index (χ3v) is 3.05. The van der Waals surface area contributed by atoms with E-state index in [4.69, 9.17) is 9.52 Å². The molecule has 1 heterocycles. The van der Waals surface area contributed by atoms with Crippen LogP contribution in [0.15, 0.2) is 59.0 Å². The van der Waals surface area contributed by atoms with Crippen molar-refractivity contribution in [3.63, 3.8) is 0 Å². The van der Waals surface area contributed by atoms with Gasteiger partial charge < -0.3 is 10.2 Å². The van der Waals surface area contributed by atoms with Gasteiger partial charge >= 0.3 is 17.3 Å². The van der Waals surface area contributed by atoms with Crippen molar-refractivity contribution in [3.05, 3.63) is 60.2 Å². The van der Waals surface area contributed by atoms with Gasteiger partial charge in [0.1, 0.15) is 5.75 Å². The predicted octanol–water partition coefficient (Wildman–Crippen LogP) is 3.78. The van der Waals surface area contributed by atoms with E-state index < -0.39 is 5.97 Å². The van der Waals surface area contributed by atoms with Crippen LogP contribution in [0.3, 0.4) is 0 Å². The molecule has 0 aliphatic heterocycles. The predicted molar refractivity (Wildman–Crippen MR) is 74.7 cm³/mol. The molecule has 98 valence electrons. The van der Waals surface area contributed by atoms with Gasteiger partial charge in [-0.3, -0.25) is 0 Å². The Morgan fingerprint density at radius 3 is 2.35 bits per heavy atom. The van der Waals surface area contributed by atoms with E-state index in [-0.39, 0.29) is 11.3 Å². The largest absolute Gasteiger partial charge is 0.508 e. The summed E-state index contributed by atoms with van der Waals surface area (Å²) in [5.41, 5.74) is 1.58. The van der Waals surface area contributed by atoms with Gasteiger partial charge in [0.15, 0.2) is 0 Å². The molecule has 0 bridgehead atoms. The van der Waals surface area contributed by atoms with Gasteiger partial charge in [-0.05, 0) is 42.5 Å². The number of carboxylic acid groups (broad SMARTS) is 1. The average Bonchev–Trinajstić information content (AvgIpc) is 2.46. The number of carboxylic acids is 1. The maximum Gasteiger partial charge on any atom is 0.364 e. The Labute approximate surface area is 114 Å². The van der Waals surface area contributed by atoms with E-state index in [1.165, 1.54) is 12.1 Å². The summed E-state index contributed by atoms with van der Waals surface area (Å²) < 4.78 is 5.72. The Balaban J connectivity index is 2.07. The number of benzene rings is 2. The standard InChI is InChI=1S/C16H10O4/c17-13-7-5-11-6-8-14(20-15(11)9-13)10-1-3-12(4-2-10)16(18)19/h1-9H,(H-,17,18,19)/p+1. The first-order valence-electron chi connectivity index (χ1n) is 6.03. The van der Waals surface area contributed by atoms with Gasteiger partial charge in [-0.1, -0.05) is 0 Å². The van der Waals surface area contributed by atoms with Gasteiger partial charge in [0.25, 0.3) is 0 Å². The van der Waals surface area contributed by atoms with Crippen molar-refractivity contribution < 1.29 is 19.4 Å². The Morgan fingerprint density at radius 2 is 1.65 bits per heavy atom.